The molecule has 0 radical (unpaired) electrons. The van der Waals surface area contributed by atoms with Crippen molar-refractivity contribution in [1.29, 1.82) is 0 Å². The molecule has 0 bridgehead atoms. The molecular formula is C22H28N2O3S. The van der Waals surface area contributed by atoms with Crippen LogP contribution in [-0.2, 0) is 27.8 Å². The molecule has 5 nitrogen and oxygen atoms in total. The number of benzene rings is 2. The Hall–Kier alpha value is -2.34. The quantitative estimate of drug-likeness (QED) is 0.746. The molecule has 28 heavy (non-hydrogen) atoms. The van der Waals surface area contributed by atoms with Crippen molar-refractivity contribution in [1.82, 2.24) is 4.90 Å². The van der Waals surface area contributed by atoms with Crippen LogP contribution in [0.15, 0.2) is 42.5 Å². The van der Waals surface area contributed by atoms with Gasteiger partial charge in [0.05, 0.1) is 11.9 Å². The fraction of sp³-hybridized carbons (Fsp3) is 0.409. The summed E-state index contributed by atoms with van der Waals surface area (Å²) in [6.07, 6.45) is 2.94. The van der Waals surface area contributed by atoms with Crippen molar-refractivity contribution < 1.29 is 13.2 Å². The average Bonchev–Trinajstić information content (AvgIpc) is 2.66. The molecule has 0 N–H and O–H groups in total. The van der Waals surface area contributed by atoms with E-state index in [0.717, 1.165) is 24.1 Å². The highest BCUT2D eigenvalue weighted by Gasteiger charge is 2.22. The Balaban J connectivity index is 1.63. The first-order chi connectivity index (χ1) is 13.3. The van der Waals surface area contributed by atoms with E-state index in [2.05, 4.69) is 12.1 Å². The Morgan fingerprint density at radius 2 is 1.79 bits per heavy atom. The largest absolute Gasteiger partial charge is 0.338 e. The lowest BCUT2D eigenvalue weighted by Gasteiger charge is -2.29. The number of nitrogens with zero attached hydrogens (tertiary/aromatic N) is 2. The van der Waals surface area contributed by atoms with Gasteiger partial charge in [0, 0.05) is 26.1 Å². The standard InChI is InChI=1S/C22H28N2O3S/c1-17-8-6-11-21(18(17)2)24(28(3,26)27)14-7-12-22(25)23-15-13-19-9-4-5-10-20(19)16-23/h4-6,8-11H,7,12-16H2,1-3H3. The smallest absolute Gasteiger partial charge is 0.232 e. The van der Waals surface area contributed by atoms with Crippen molar-refractivity contribution in [3.8, 4) is 0 Å². The minimum absolute atomic E-state index is 0.0870. The van der Waals surface area contributed by atoms with Gasteiger partial charge < -0.3 is 4.90 Å². The van der Waals surface area contributed by atoms with Crippen molar-refractivity contribution in [2.45, 2.75) is 39.7 Å². The number of carbonyl (C=O) groups excluding carboxylic acids is 1. The highest BCUT2D eigenvalue weighted by atomic mass is 32.2. The Kier molecular flexibility index (Phi) is 6.08. The summed E-state index contributed by atoms with van der Waals surface area (Å²) in [7, 11) is -3.41. The molecule has 0 saturated heterocycles. The summed E-state index contributed by atoms with van der Waals surface area (Å²) in [5.74, 6) is 0.0870. The van der Waals surface area contributed by atoms with Crippen LogP contribution in [0.3, 0.4) is 0 Å². The Labute approximate surface area is 168 Å². The first kappa shape index (κ1) is 20.4. The average molecular weight is 401 g/mol. The van der Waals surface area contributed by atoms with Gasteiger partial charge in [-0.25, -0.2) is 8.42 Å². The summed E-state index contributed by atoms with van der Waals surface area (Å²) in [5.41, 5.74) is 5.21. The number of hydrogen-bond acceptors (Lipinski definition) is 3. The van der Waals surface area contributed by atoms with Gasteiger partial charge in [-0.05, 0) is 55.0 Å². The van der Waals surface area contributed by atoms with Gasteiger partial charge in [-0.15, -0.1) is 0 Å². The van der Waals surface area contributed by atoms with E-state index in [4.69, 9.17) is 0 Å². The molecule has 0 fully saturated rings. The van der Waals surface area contributed by atoms with E-state index in [1.807, 2.05) is 49.1 Å². The summed E-state index contributed by atoms with van der Waals surface area (Å²) in [6.45, 7) is 5.57. The minimum atomic E-state index is -3.41. The Morgan fingerprint density at radius 1 is 1.07 bits per heavy atom. The van der Waals surface area contributed by atoms with Gasteiger partial charge in [0.15, 0.2) is 0 Å². The third kappa shape index (κ3) is 4.55. The zero-order valence-electron chi connectivity index (χ0n) is 16.8. The van der Waals surface area contributed by atoms with Crippen LogP contribution >= 0.6 is 0 Å². The summed E-state index contributed by atoms with van der Waals surface area (Å²) in [6, 6.07) is 13.9. The number of aryl methyl sites for hydroxylation is 1. The molecule has 2 aromatic rings. The number of hydrogen-bond donors (Lipinski definition) is 0. The Morgan fingerprint density at radius 3 is 2.50 bits per heavy atom. The highest BCUT2D eigenvalue weighted by Crippen LogP contribution is 2.25. The second-order valence-corrected chi connectivity index (χ2v) is 9.40. The van der Waals surface area contributed by atoms with Crippen molar-refractivity contribution in [2.24, 2.45) is 0 Å². The van der Waals surface area contributed by atoms with Gasteiger partial charge in [-0.2, -0.15) is 0 Å². The fourth-order valence-electron chi connectivity index (χ4n) is 3.71. The molecule has 0 atom stereocenters. The molecule has 0 spiro atoms. The predicted octanol–water partition coefficient (Wildman–Crippen LogP) is 3.43. The van der Waals surface area contributed by atoms with E-state index in [1.165, 1.54) is 21.7 Å². The molecule has 6 heteroatoms. The van der Waals surface area contributed by atoms with E-state index >= 15 is 0 Å². The predicted molar refractivity (Wildman–Crippen MR) is 113 cm³/mol. The molecule has 0 aromatic heterocycles. The summed E-state index contributed by atoms with van der Waals surface area (Å²) in [5, 5.41) is 0. The minimum Gasteiger partial charge on any atom is -0.338 e. The van der Waals surface area contributed by atoms with Crippen LogP contribution in [0.5, 0.6) is 0 Å². The van der Waals surface area contributed by atoms with Crippen LogP contribution in [0.1, 0.15) is 35.1 Å². The monoisotopic (exact) mass is 400 g/mol. The summed E-state index contributed by atoms with van der Waals surface area (Å²) < 4.78 is 26.1. The van der Waals surface area contributed by atoms with Crippen molar-refractivity contribution in [3.63, 3.8) is 0 Å². The van der Waals surface area contributed by atoms with E-state index in [-0.39, 0.29) is 5.91 Å². The molecule has 0 unspecified atom stereocenters. The zero-order valence-corrected chi connectivity index (χ0v) is 17.6. The molecule has 1 amide bonds. The van der Waals surface area contributed by atoms with Crippen LogP contribution < -0.4 is 4.31 Å². The van der Waals surface area contributed by atoms with Gasteiger partial charge >= 0.3 is 0 Å². The molecule has 0 aliphatic carbocycles. The number of fused-ring (bicyclic) bond motifs is 1. The molecular weight excluding hydrogens is 372 g/mol. The lowest BCUT2D eigenvalue weighted by atomic mass is 9.99. The van der Waals surface area contributed by atoms with E-state index in [0.29, 0.717) is 31.6 Å². The molecule has 2 aromatic carbocycles. The molecule has 150 valence electrons. The van der Waals surface area contributed by atoms with Crippen LogP contribution in [0, 0.1) is 13.8 Å². The number of anilines is 1. The van der Waals surface area contributed by atoms with Crippen molar-refractivity contribution in [2.75, 3.05) is 23.7 Å². The number of rotatable bonds is 6. The third-order valence-electron chi connectivity index (χ3n) is 5.48. The maximum Gasteiger partial charge on any atom is 0.232 e. The molecule has 1 aliphatic heterocycles. The van der Waals surface area contributed by atoms with Crippen molar-refractivity contribution >= 4 is 21.6 Å². The van der Waals surface area contributed by atoms with Gasteiger partial charge in [0.1, 0.15) is 0 Å². The number of carbonyl (C=O) groups is 1. The molecule has 0 saturated carbocycles. The first-order valence-electron chi connectivity index (χ1n) is 9.66. The maximum absolute atomic E-state index is 12.7. The summed E-state index contributed by atoms with van der Waals surface area (Å²) >= 11 is 0. The van der Waals surface area contributed by atoms with Crippen molar-refractivity contribution in [3.05, 3.63) is 64.7 Å². The van der Waals surface area contributed by atoms with E-state index < -0.39 is 10.0 Å². The maximum atomic E-state index is 12.7. The number of sulfonamides is 1. The second-order valence-electron chi connectivity index (χ2n) is 7.49. The normalized spacial score (nSPS) is 13.9. The van der Waals surface area contributed by atoms with Crippen LogP contribution in [0.2, 0.25) is 0 Å². The van der Waals surface area contributed by atoms with Gasteiger partial charge in [0.25, 0.3) is 0 Å². The topological polar surface area (TPSA) is 57.7 Å². The summed E-state index contributed by atoms with van der Waals surface area (Å²) in [4.78, 5) is 14.5. The van der Waals surface area contributed by atoms with Gasteiger partial charge in [0.2, 0.25) is 15.9 Å². The number of amides is 1. The van der Waals surface area contributed by atoms with Crippen LogP contribution in [0.25, 0.3) is 0 Å². The second kappa shape index (κ2) is 8.35. The highest BCUT2D eigenvalue weighted by molar-refractivity contribution is 7.92. The molecule has 1 heterocycles. The SMILES string of the molecule is Cc1cccc(N(CCCC(=O)N2CCc3ccccc3C2)S(C)(=O)=O)c1C. The fourth-order valence-corrected chi connectivity index (χ4v) is 4.73. The van der Waals surface area contributed by atoms with Gasteiger partial charge in [-0.1, -0.05) is 36.4 Å². The van der Waals surface area contributed by atoms with E-state index in [9.17, 15) is 13.2 Å². The third-order valence-corrected chi connectivity index (χ3v) is 6.66. The van der Waals surface area contributed by atoms with E-state index in [1.54, 1.807) is 0 Å². The van der Waals surface area contributed by atoms with Gasteiger partial charge in [-0.3, -0.25) is 9.10 Å². The first-order valence-corrected chi connectivity index (χ1v) is 11.5. The lowest BCUT2D eigenvalue weighted by Crippen LogP contribution is -2.37. The molecule has 3 rings (SSSR count). The van der Waals surface area contributed by atoms with Crippen LogP contribution in [-0.4, -0.2) is 38.6 Å². The molecule has 1 aliphatic rings. The lowest BCUT2D eigenvalue weighted by molar-refractivity contribution is -0.132. The zero-order chi connectivity index (χ0) is 20.3. The Bertz CT molecular complexity index is 969. The van der Waals surface area contributed by atoms with Crippen LogP contribution in [0.4, 0.5) is 5.69 Å².